The highest BCUT2D eigenvalue weighted by Gasteiger charge is 2.37. The topological polar surface area (TPSA) is 9.86 Å². The Morgan fingerprint density at radius 2 is 0.830 bits per heavy atom. The van der Waals surface area contributed by atoms with Gasteiger partial charge in [-0.3, -0.25) is 0 Å². The number of para-hydroxylation sites is 3. The first-order valence-corrected chi connectivity index (χ1v) is 16.4. The Kier molecular flexibility index (Phi) is 5.37. The van der Waals surface area contributed by atoms with Gasteiger partial charge in [0.15, 0.2) is 0 Å². The SMILES string of the molecule is CC1(C)c2cc3c(cc2-c2cc4c5ccccc5n(-c5cccc(-c6ccccc6)c5)c4cc21)c1ccccc1n3-c1ccccc1. The van der Waals surface area contributed by atoms with Gasteiger partial charge in [-0.2, -0.15) is 0 Å². The van der Waals surface area contributed by atoms with Crippen LogP contribution in [-0.4, -0.2) is 9.13 Å². The van der Waals surface area contributed by atoms with Crippen molar-refractivity contribution in [1.29, 1.82) is 0 Å². The third kappa shape index (κ3) is 3.67. The van der Waals surface area contributed by atoms with Gasteiger partial charge in [-0.25, -0.2) is 0 Å². The molecule has 2 heteroatoms. The fourth-order valence-corrected chi connectivity index (χ4v) is 8.24. The molecule has 47 heavy (non-hydrogen) atoms. The van der Waals surface area contributed by atoms with Crippen molar-refractivity contribution in [1.82, 2.24) is 9.13 Å². The molecule has 0 amide bonds. The van der Waals surface area contributed by atoms with Crippen LogP contribution in [0.3, 0.4) is 0 Å². The molecule has 0 atom stereocenters. The summed E-state index contributed by atoms with van der Waals surface area (Å²) >= 11 is 0. The lowest BCUT2D eigenvalue weighted by Gasteiger charge is -2.22. The van der Waals surface area contributed by atoms with Gasteiger partial charge in [0, 0.05) is 38.3 Å². The summed E-state index contributed by atoms with van der Waals surface area (Å²) in [6.45, 7) is 4.79. The van der Waals surface area contributed by atoms with Gasteiger partial charge in [0.05, 0.1) is 22.1 Å². The fraction of sp³-hybridized carbons (Fsp3) is 0.0667. The summed E-state index contributed by atoms with van der Waals surface area (Å²) in [4.78, 5) is 0. The number of nitrogens with zero attached hydrogens (tertiary/aromatic N) is 2. The standard InChI is InChI=1S/C45H32N2/c1-45(2)39-27-43-37(33-20-9-11-22-41(33)46(43)31-17-7-4-8-18-31)25-35(39)36-26-38-34-21-10-12-23-42(34)47(44(38)28-40(36)45)32-19-13-16-30(24-32)29-14-5-3-6-15-29/h3-28H,1-2H3. The van der Waals surface area contributed by atoms with E-state index in [1.807, 2.05) is 0 Å². The number of rotatable bonds is 3. The van der Waals surface area contributed by atoms with Crippen LogP contribution in [0.4, 0.5) is 0 Å². The first-order valence-electron chi connectivity index (χ1n) is 16.4. The van der Waals surface area contributed by atoms with Crippen molar-refractivity contribution < 1.29 is 0 Å². The maximum Gasteiger partial charge on any atom is 0.0544 e. The maximum absolute atomic E-state index is 2.48. The number of fused-ring (bicyclic) bond motifs is 9. The largest absolute Gasteiger partial charge is 0.309 e. The minimum absolute atomic E-state index is 0.168. The molecule has 0 saturated heterocycles. The highest BCUT2D eigenvalue weighted by molar-refractivity contribution is 6.14. The van der Waals surface area contributed by atoms with Crippen LogP contribution in [0.2, 0.25) is 0 Å². The average Bonchev–Trinajstić information content (AvgIpc) is 3.70. The van der Waals surface area contributed by atoms with Crippen molar-refractivity contribution >= 4 is 43.6 Å². The first-order chi connectivity index (χ1) is 23.1. The number of benzene rings is 7. The third-order valence-corrected chi connectivity index (χ3v) is 10.5. The van der Waals surface area contributed by atoms with Gasteiger partial charge >= 0.3 is 0 Å². The average molecular weight is 601 g/mol. The molecule has 1 aliphatic rings. The summed E-state index contributed by atoms with van der Waals surface area (Å²) in [5.41, 5.74) is 15.1. The number of hydrogen-bond acceptors (Lipinski definition) is 0. The summed E-state index contributed by atoms with van der Waals surface area (Å²) < 4.78 is 4.89. The Balaban J connectivity index is 1.25. The minimum atomic E-state index is -0.168. The summed E-state index contributed by atoms with van der Waals surface area (Å²) in [7, 11) is 0. The molecule has 10 rings (SSSR count). The second-order valence-electron chi connectivity index (χ2n) is 13.4. The number of aromatic nitrogens is 2. The molecule has 0 bridgehead atoms. The van der Waals surface area contributed by atoms with E-state index in [0.717, 1.165) is 0 Å². The van der Waals surface area contributed by atoms with Gasteiger partial charge in [-0.1, -0.05) is 111 Å². The molecule has 0 N–H and O–H groups in total. The van der Waals surface area contributed by atoms with Crippen LogP contribution in [0.25, 0.3) is 77.2 Å². The van der Waals surface area contributed by atoms with Crippen LogP contribution >= 0.6 is 0 Å². The van der Waals surface area contributed by atoms with Gasteiger partial charge in [-0.15, -0.1) is 0 Å². The van der Waals surface area contributed by atoms with Crippen LogP contribution < -0.4 is 0 Å². The summed E-state index contributed by atoms with van der Waals surface area (Å²) in [5, 5.41) is 5.16. The minimum Gasteiger partial charge on any atom is -0.309 e. The van der Waals surface area contributed by atoms with E-state index in [1.54, 1.807) is 0 Å². The molecule has 2 nitrogen and oxygen atoms in total. The summed E-state index contributed by atoms with van der Waals surface area (Å²) in [6.07, 6.45) is 0. The maximum atomic E-state index is 2.48. The predicted molar refractivity (Wildman–Crippen MR) is 198 cm³/mol. The van der Waals surface area contributed by atoms with Crippen LogP contribution in [0.15, 0.2) is 158 Å². The van der Waals surface area contributed by atoms with Crippen LogP contribution in [-0.2, 0) is 5.41 Å². The molecule has 2 heterocycles. The van der Waals surface area contributed by atoms with E-state index in [0.29, 0.717) is 0 Å². The van der Waals surface area contributed by atoms with Crippen molar-refractivity contribution in [3.05, 3.63) is 169 Å². The quantitative estimate of drug-likeness (QED) is 0.191. The Morgan fingerprint density at radius 1 is 0.362 bits per heavy atom. The van der Waals surface area contributed by atoms with E-state index in [9.17, 15) is 0 Å². The number of hydrogen-bond donors (Lipinski definition) is 0. The smallest absolute Gasteiger partial charge is 0.0544 e. The van der Waals surface area contributed by atoms with Gasteiger partial charge in [0.2, 0.25) is 0 Å². The second-order valence-corrected chi connectivity index (χ2v) is 13.4. The normalized spacial score (nSPS) is 13.5. The van der Waals surface area contributed by atoms with E-state index in [2.05, 4.69) is 181 Å². The second kappa shape index (κ2) is 9.57. The van der Waals surface area contributed by atoms with Crippen LogP contribution in [0, 0.1) is 0 Å². The molecule has 0 unspecified atom stereocenters. The lowest BCUT2D eigenvalue weighted by Crippen LogP contribution is -2.15. The highest BCUT2D eigenvalue weighted by Crippen LogP contribution is 2.53. The van der Waals surface area contributed by atoms with Crippen molar-refractivity contribution in [3.8, 4) is 33.6 Å². The molecule has 9 aromatic rings. The van der Waals surface area contributed by atoms with E-state index in [4.69, 9.17) is 0 Å². The predicted octanol–water partition coefficient (Wildman–Crippen LogP) is 11.9. The molecule has 0 spiro atoms. The molecule has 2 aromatic heterocycles. The zero-order valence-corrected chi connectivity index (χ0v) is 26.4. The van der Waals surface area contributed by atoms with Crippen LogP contribution in [0.1, 0.15) is 25.0 Å². The van der Waals surface area contributed by atoms with Gasteiger partial charge in [-0.05, 0) is 94.0 Å². The molecule has 222 valence electrons. The van der Waals surface area contributed by atoms with Crippen molar-refractivity contribution in [2.45, 2.75) is 19.3 Å². The molecular weight excluding hydrogens is 569 g/mol. The highest BCUT2D eigenvalue weighted by atomic mass is 15.0. The molecule has 0 fully saturated rings. The van der Waals surface area contributed by atoms with E-state index in [-0.39, 0.29) is 5.41 Å². The molecule has 0 aliphatic heterocycles. The Bertz CT molecular complexity index is 2690. The van der Waals surface area contributed by atoms with Crippen molar-refractivity contribution in [2.24, 2.45) is 0 Å². The van der Waals surface area contributed by atoms with Crippen LogP contribution in [0.5, 0.6) is 0 Å². The summed E-state index contributed by atoms with van der Waals surface area (Å²) in [6, 6.07) is 58.0. The van der Waals surface area contributed by atoms with Gasteiger partial charge in [0.25, 0.3) is 0 Å². The third-order valence-electron chi connectivity index (χ3n) is 10.5. The van der Waals surface area contributed by atoms with E-state index in [1.165, 1.54) is 88.4 Å². The molecule has 1 aliphatic carbocycles. The van der Waals surface area contributed by atoms with Crippen molar-refractivity contribution in [2.75, 3.05) is 0 Å². The molecular formula is C45H32N2. The van der Waals surface area contributed by atoms with E-state index < -0.39 is 0 Å². The van der Waals surface area contributed by atoms with E-state index >= 15 is 0 Å². The zero-order valence-electron chi connectivity index (χ0n) is 26.4. The molecule has 0 radical (unpaired) electrons. The fourth-order valence-electron chi connectivity index (χ4n) is 8.24. The molecule has 7 aromatic carbocycles. The zero-order chi connectivity index (χ0) is 31.3. The monoisotopic (exact) mass is 600 g/mol. The lowest BCUT2D eigenvalue weighted by atomic mass is 9.82. The van der Waals surface area contributed by atoms with Crippen molar-refractivity contribution in [3.63, 3.8) is 0 Å². The Labute approximate surface area is 273 Å². The molecule has 0 saturated carbocycles. The lowest BCUT2D eigenvalue weighted by molar-refractivity contribution is 0.661. The first kappa shape index (κ1) is 26.4. The van der Waals surface area contributed by atoms with Gasteiger partial charge < -0.3 is 9.13 Å². The summed E-state index contributed by atoms with van der Waals surface area (Å²) in [5.74, 6) is 0. The Hall–Kier alpha value is -5.86. The Morgan fingerprint density at radius 3 is 1.43 bits per heavy atom. The van der Waals surface area contributed by atoms with Gasteiger partial charge in [0.1, 0.15) is 0 Å².